The van der Waals surface area contributed by atoms with Gasteiger partial charge in [0.25, 0.3) is 5.91 Å². The number of rotatable bonds is 7. The number of hydrogen-bond acceptors (Lipinski definition) is 4. The van der Waals surface area contributed by atoms with E-state index in [2.05, 4.69) is 24.4 Å². The SMILES string of the molecule is CCSc1ccc(-c2nn(-c3ccccc3)cc2C=C(C#N)C(=O)Nc2ccc(C)cc2)cc1. The average molecular weight is 465 g/mol. The second-order valence-corrected chi connectivity index (χ2v) is 9.00. The molecule has 0 aliphatic carbocycles. The van der Waals surface area contributed by atoms with Crippen molar-refractivity contribution in [1.29, 1.82) is 5.26 Å². The number of nitrogens with one attached hydrogen (secondary N) is 1. The highest BCUT2D eigenvalue weighted by Crippen LogP contribution is 2.28. The van der Waals surface area contributed by atoms with Gasteiger partial charge in [-0.15, -0.1) is 11.8 Å². The van der Waals surface area contributed by atoms with E-state index in [-0.39, 0.29) is 5.57 Å². The van der Waals surface area contributed by atoms with Gasteiger partial charge in [0.2, 0.25) is 0 Å². The minimum Gasteiger partial charge on any atom is -0.321 e. The van der Waals surface area contributed by atoms with E-state index in [1.54, 1.807) is 22.5 Å². The minimum absolute atomic E-state index is 0.00703. The summed E-state index contributed by atoms with van der Waals surface area (Å²) >= 11 is 1.77. The molecule has 4 rings (SSSR count). The van der Waals surface area contributed by atoms with Crippen molar-refractivity contribution in [1.82, 2.24) is 9.78 Å². The normalized spacial score (nSPS) is 11.1. The second-order valence-electron chi connectivity index (χ2n) is 7.66. The number of carbonyl (C=O) groups is 1. The summed E-state index contributed by atoms with van der Waals surface area (Å²) in [6, 6.07) is 27.4. The Morgan fingerprint density at radius 2 is 1.76 bits per heavy atom. The number of para-hydroxylation sites is 1. The Hall–Kier alpha value is -4.08. The van der Waals surface area contributed by atoms with E-state index in [1.807, 2.05) is 85.9 Å². The number of amides is 1. The van der Waals surface area contributed by atoms with Crippen molar-refractivity contribution in [2.24, 2.45) is 0 Å². The standard InChI is InChI=1S/C28H24N4OS/c1-3-34-26-15-11-21(12-16-26)27-23(19-32(31-27)25-7-5-4-6-8-25)17-22(18-29)28(33)30-24-13-9-20(2)10-14-24/h4-17,19H,3H2,1-2H3,(H,30,33). The van der Waals surface area contributed by atoms with Crippen LogP contribution < -0.4 is 5.32 Å². The molecule has 0 atom stereocenters. The van der Waals surface area contributed by atoms with Crippen LogP contribution in [0, 0.1) is 18.3 Å². The zero-order valence-electron chi connectivity index (χ0n) is 19.0. The fourth-order valence-electron chi connectivity index (χ4n) is 3.45. The Labute approximate surface area is 203 Å². The Morgan fingerprint density at radius 1 is 1.06 bits per heavy atom. The third kappa shape index (κ3) is 5.45. The van der Waals surface area contributed by atoms with Gasteiger partial charge in [0.05, 0.1) is 11.4 Å². The van der Waals surface area contributed by atoms with E-state index in [9.17, 15) is 10.1 Å². The first-order chi connectivity index (χ1) is 16.6. The lowest BCUT2D eigenvalue weighted by molar-refractivity contribution is -0.112. The van der Waals surface area contributed by atoms with Crippen molar-refractivity contribution < 1.29 is 4.79 Å². The molecule has 3 aromatic carbocycles. The molecule has 34 heavy (non-hydrogen) atoms. The van der Waals surface area contributed by atoms with Gasteiger partial charge in [-0.25, -0.2) is 4.68 Å². The monoisotopic (exact) mass is 464 g/mol. The zero-order chi connectivity index (χ0) is 23.9. The van der Waals surface area contributed by atoms with Gasteiger partial charge in [0, 0.05) is 27.9 Å². The maximum absolute atomic E-state index is 12.8. The molecule has 1 aromatic heterocycles. The fraction of sp³-hybridized carbons (Fsp3) is 0.107. The molecule has 0 aliphatic rings. The first kappa shape index (κ1) is 23.1. The van der Waals surface area contributed by atoms with Crippen LogP contribution in [0.4, 0.5) is 5.69 Å². The van der Waals surface area contributed by atoms with Crippen molar-refractivity contribution in [2.75, 3.05) is 11.1 Å². The maximum atomic E-state index is 12.8. The van der Waals surface area contributed by atoms with Crippen molar-refractivity contribution in [3.63, 3.8) is 0 Å². The number of nitrogens with zero attached hydrogens (tertiary/aromatic N) is 3. The third-order valence-electron chi connectivity index (χ3n) is 5.18. The first-order valence-electron chi connectivity index (χ1n) is 11.0. The predicted molar refractivity (Wildman–Crippen MR) is 139 cm³/mol. The van der Waals surface area contributed by atoms with Crippen LogP contribution in [-0.4, -0.2) is 21.4 Å². The van der Waals surface area contributed by atoms with Gasteiger partial charge in [-0.2, -0.15) is 10.4 Å². The number of aryl methyl sites for hydroxylation is 1. The highest BCUT2D eigenvalue weighted by molar-refractivity contribution is 7.99. The van der Waals surface area contributed by atoms with Gasteiger partial charge < -0.3 is 5.32 Å². The molecule has 0 fully saturated rings. The average Bonchev–Trinajstić information content (AvgIpc) is 3.29. The smallest absolute Gasteiger partial charge is 0.266 e. The molecular formula is C28H24N4OS. The van der Waals surface area contributed by atoms with Crippen LogP contribution in [0.3, 0.4) is 0 Å². The van der Waals surface area contributed by atoms with Crippen LogP contribution >= 0.6 is 11.8 Å². The molecule has 0 saturated carbocycles. The summed E-state index contributed by atoms with van der Waals surface area (Å²) in [7, 11) is 0. The van der Waals surface area contributed by atoms with Gasteiger partial charge in [-0.05, 0) is 55.2 Å². The zero-order valence-corrected chi connectivity index (χ0v) is 19.8. The molecular weight excluding hydrogens is 440 g/mol. The van der Waals surface area contributed by atoms with Crippen LogP contribution in [0.2, 0.25) is 0 Å². The van der Waals surface area contributed by atoms with Gasteiger partial charge >= 0.3 is 0 Å². The number of anilines is 1. The molecule has 5 nitrogen and oxygen atoms in total. The van der Waals surface area contributed by atoms with E-state index >= 15 is 0 Å². The lowest BCUT2D eigenvalue weighted by atomic mass is 10.1. The molecule has 0 bridgehead atoms. The Balaban J connectivity index is 1.72. The van der Waals surface area contributed by atoms with E-state index in [0.717, 1.165) is 22.6 Å². The van der Waals surface area contributed by atoms with Crippen LogP contribution in [-0.2, 0) is 4.79 Å². The molecule has 1 heterocycles. The summed E-state index contributed by atoms with van der Waals surface area (Å²) in [5, 5.41) is 17.3. The van der Waals surface area contributed by atoms with Crippen molar-refractivity contribution in [3.8, 4) is 23.0 Å². The lowest BCUT2D eigenvalue weighted by Crippen LogP contribution is -2.13. The predicted octanol–water partition coefficient (Wildman–Crippen LogP) is 6.51. The van der Waals surface area contributed by atoms with Gasteiger partial charge in [0.1, 0.15) is 11.6 Å². The number of nitriles is 1. The molecule has 6 heteroatoms. The highest BCUT2D eigenvalue weighted by Gasteiger charge is 2.15. The molecule has 0 unspecified atom stereocenters. The first-order valence-corrected chi connectivity index (χ1v) is 11.9. The van der Waals surface area contributed by atoms with Crippen LogP contribution in [0.25, 0.3) is 23.0 Å². The number of hydrogen-bond donors (Lipinski definition) is 1. The largest absolute Gasteiger partial charge is 0.321 e. The van der Waals surface area contributed by atoms with E-state index < -0.39 is 5.91 Å². The van der Waals surface area contributed by atoms with Crippen molar-refractivity contribution in [2.45, 2.75) is 18.7 Å². The third-order valence-corrected chi connectivity index (χ3v) is 6.07. The lowest BCUT2D eigenvalue weighted by Gasteiger charge is -2.05. The van der Waals surface area contributed by atoms with E-state index in [4.69, 9.17) is 5.10 Å². The van der Waals surface area contributed by atoms with E-state index in [1.165, 1.54) is 4.90 Å². The molecule has 1 N–H and O–H groups in total. The molecule has 168 valence electrons. The minimum atomic E-state index is -0.459. The summed E-state index contributed by atoms with van der Waals surface area (Å²) in [4.78, 5) is 14.0. The molecule has 0 aliphatic heterocycles. The maximum Gasteiger partial charge on any atom is 0.266 e. The summed E-state index contributed by atoms with van der Waals surface area (Å²) in [5.74, 6) is 0.539. The Morgan fingerprint density at radius 3 is 2.41 bits per heavy atom. The van der Waals surface area contributed by atoms with Crippen LogP contribution in [0.5, 0.6) is 0 Å². The highest BCUT2D eigenvalue weighted by atomic mass is 32.2. The second kappa shape index (κ2) is 10.7. The Bertz CT molecular complexity index is 1350. The number of thioether (sulfide) groups is 1. The van der Waals surface area contributed by atoms with Gasteiger partial charge in [-0.3, -0.25) is 4.79 Å². The van der Waals surface area contributed by atoms with Crippen LogP contribution in [0.1, 0.15) is 18.1 Å². The number of carbonyl (C=O) groups excluding carboxylic acids is 1. The van der Waals surface area contributed by atoms with Crippen LogP contribution in [0.15, 0.2) is 95.5 Å². The van der Waals surface area contributed by atoms with Crippen molar-refractivity contribution >= 4 is 29.4 Å². The quantitative estimate of drug-likeness (QED) is 0.192. The Kier molecular flexibility index (Phi) is 7.26. The summed E-state index contributed by atoms with van der Waals surface area (Å²) in [6.07, 6.45) is 3.44. The molecule has 4 aromatic rings. The molecule has 1 amide bonds. The van der Waals surface area contributed by atoms with E-state index in [0.29, 0.717) is 16.9 Å². The molecule has 0 radical (unpaired) electrons. The fourth-order valence-corrected chi connectivity index (χ4v) is 4.11. The number of benzene rings is 3. The summed E-state index contributed by atoms with van der Waals surface area (Å²) in [5.41, 5.74) is 4.94. The van der Waals surface area contributed by atoms with Gasteiger partial charge in [-0.1, -0.05) is 55.0 Å². The van der Waals surface area contributed by atoms with Gasteiger partial charge in [0.15, 0.2) is 0 Å². The molecule has 0 spiro atoms. The number of aromatic nitrogens is 2. The summed E-state index contributed by atoms with van der Waals surface area (Å²) < 4.78 is 1.77. The van der Waals surface area contributed by atoms with Crippen molar-refractivity contribution in [3.05, 3.63) is 102 Å². The topological polar surface area (TPSA) is 70.7 Å². The summed E-state index contributed by atoms with van der Waals surface area (Å²) in [6.45, 7) is 4.10. The molecule has 0 saturated heterocycles.